The average Bonchev–Trinajstić information content (AvgIpc) is 2.91. The molecule has 1 aliphatic heterocycles. The van der Waals surface area contributed by atoms with E-state index in [9.17, 15) is 13.2 Å². The van der Waals surface area contributed by atoms with Gasteiger partial charge in [-0.05, 0) is 54.1 Å². The number of rotatable bonds is 9. The molecule has 4 rings (SSSR count). The minimum Gasteiger partial charge on any atom is -0.495 e. The Bertz CT molecular complexity index is 1310. The summed E-state index contributed by atoms with van der Waals surface area (Å²) >= 11 is 5.94. The SMILES string of the molecule is COc1ccccc1N1CCN(C(=O)COc2ccc(N(Cc3ccc(Cl)cc3)S(C)(=O)=O)cc2)CC1. The van der Waals surface area contributed by atoms with Crippen molar-refractivity contribution in [2.75, 3.05) is 55.4 Å². The number of methoxy groups -OCH3 is 1. The van der Waals surface area contributed by atoms with Crippen molar-refractivity contribution in [2.45, 2.75) is 6.54 Å². The van der Waals surface area contributed by atoms with Gasteiger partial charge in [0.15, 0.2) is 6.61 Å². The maximum absolute atomic E-state index is 12.7. The van der Waals surface area contributed by atoms with Gasteiger partial charge in [0, 0.05) is 31.2 Å². The Hall–Kier alpha value is -3.43. The number of para-hydroxylation sites is 2. The van der Waals surface area contributed by atoms with Crippen molar-refractivity contribution in [3.63, 3.8) is 0 Å². The Kier molecular flexibility index (Phi) is 8.45. The summed E-state index contributed by atoms with van der Waals surface area (Å²) < 4.78 is 37.3. The number of hydrogen-bond donors (Lipinski definition) is 0. The molecule has 8 nitrogen and oxygen atoms in total. The molecule has 1 saturated heterocycles. The van der Waals surface area contributed by atoms with Gasteiger partial charge in [0.05, 0.1) is 31.3 Å². The zero-order valence-electron chi connectivity index (χ0n) is 20.8. The lowest BCUT2D eigenvalue weighted by Crippen LogP contribution is -2.50. The van der Waals surface area contributed by atoms with E-state index in [1.165, 1.54) is 10.6 Å². The number of sulfonamides is 1. The van der Waals surface area contributed by atoms with Crippen LogP contribution in [0.25, 0.3) is 0 Å². The number of anilines is 2. The molecule has 0 spiro atoms. The number of piperazine rings is 1. The molecule has 196 valence electrons. The zero-order chi connectivity index (χ0) is 26.4. The second kappa shape index (κ2) is 11.7. The average molecular weight is 544 g/mol. The Morgan fingerprint density at radius 1 is 0.946 bits per heavy atom. The number of halogens is 1. The summed E-state index contributed by atoms with van der Waals surface area (Å²) in [5, 5.41) is 0.587. The maximum Gasteiger partial charge on any atom is 0.260 e. The number of amides is 1. The second-order valence-corrected chi connectivity index (χ2v) is 11.1. The van der Waals surface area contributed by atoms with Gasteiger partial charge in [0.2, 0.25) is 10.0 Å². The molecule has 3 aromatic carbocycles. The van der Waals surface area contributed by atoms with E-state index in [0.29, 0.717) is 42.6 Å². The molecule has 1 heterocycles. The monoisotopic (exact) mass is 543 g/mol. The van der Waals surface area contributed by atoms with Crippen molar-refractivity contribution in [2.24, 2.45) is 0 Å². The van der Waals surface area contributed by atoms with E-state index < -0.39 is 10.0 Å². The van der Waals surface area contributed by atoms with Gasteiger partial charge in [-0.15, -0.1) is 0 Å². The van der Waals surface area contributed by atoms with Crippen LogP contribution in [-0.2, 0) is 21.4 Å². The predicted molar refractivity (Wildman–Crippen MR) is 146 cm³/mol. The number of hydrogen-bond acceptors (Lipinski definition) is 6. The van der Waals surface area contributed by atoms with Gasteiger partial charge in [-0.3, -0.25) is 9.10 Å². The van der Waals surface area contributed by atoms with Crippen molar-refractivity contribution in [3.8, 4) is 11.5 Å². The fraction of sp³-hybridized carbons (Fsp3) is 0.296. The number of nitrogens with zero attached hydrogens (tertiary/aromatic N) is 3. The first-order valence-corrected chi connectivity index (χ1v) is 14.1. The molecule has 1 aliphatic rings. The minimum atomic E-state index is -3.52. The van der Waals surface area contributed by atoms with Gasteiger partial charge in [0.25, 0.3) is 5.91 Å². The standard InChI is InChI=1S/C27H30ClN3O5S/c1-35-26-6-4-3-5-25(26)29-15-17-30(18-16-29)27(32)20-36-24-13-11-23(12-14-24)31(37(2,33)34)19-21-7-9-22(28)10-8-21/h3-14H,15-20H2,1-2H3. The highest BCUT2D eigenvalue weighted by Crippen LogP contribution is 2.28. The summed E-state index contributed by atoms with van der Waals surface area (Å²) in [6, 6.07) is 21.6. The number of carbonyl (C=O) groups excluding carboxylic acids is 1. The van der Waals surface area contributed by atoms with E-state index in [1.807, 2.05) is 24.3 Å². The molecule has 1 amide bonds. The highest BCUT2D eigenvalue weighted by Gasteiger charge is 2.23. The van der Waals surface area contributed by atoms with Gasteiger partial charge in [0.1, 0.15) is 11.5 Å². The van der Waals surface area contributed by atoms with Crippen LogP contribution in [0.1, 0.15) is 5.56 Å². The summed E-state index contributed by atoms with van der Waals surface area (Å²) in [4.78, 5) is 16.7. The molecule has 0 aliphatic carbocycles. The Morgan fingerprint density at radius 3 is 2.22 bits per heavy atom. The van der Waals surface area contributed by atoms with E-state index >= 15 is 0 Å². The number of ether oxygens (including phenoxy) is 2. The Balaban J connectivity index is 1.32. The van der Waals surface area contributed by atoms with Crippen molar-refractivity contribution < 1.29 is 22.7 Å². The summed E-state index contributed by atoms with van der Waals surface area (Å²) in [6.45, 7) is 2.68. The largest absolute Gasteiger partial charge is 0.495 e. The Labute approximate surface area is 223 Å². The van der Waals surface area contributed by atoms with E-state index in [1.54, 1.807) is 60.5 Å². The van der Waals surface area contributed by atoms with E-state index in [2.05, 4.69) is 4.90 Å². The molecule has 0 bridgehead atoms. The van der Waals surface area contributed by atoms with Gasteiger partial charge in [-0.2, -0.15) is 0 Å². The third-order valence-electron chi connectivity index (χ3n) is 6.19. The summed E-state index contributed by atoms with van der Waals surface area (Å²) in [5.74, 6) is 1.21. The molecule has 3 aromatic rings. The molecular formula is C27H30ClN3O5S. The maximum atomic E-state index is 12.7. The van der Waals surface area contributed by atoms with Crippen LogP contribution >= 0.6 is 11.6 Å². The quantitative estimate of drug-likeness (QED) is 0.405. The van der Waals surface area contributed by atoms with E-state index in [0.717, 1.165) is 17.0 Å². The van der Waals surface area contributed by atoms with Crippen LogP contribution < -0.4 is 18.7 Å². The molecule has 37 heavy (non-hydrogen) atoms. The first-order valence-electron chi connectivity index (χ1n) is 11.9. The highest BCUT2D eigenvalue weighted by molar-refractivity contribution is 7.92. The van der Waals surface area contributed by atoms with Gasteiger partial charge < -0.3 is 19.3 Å². The van der Waals surface area contributed by atoms with Crippen molar-refractivity contribution in [3.05, 3.63) is 83.4 Å². The minimum absolute atomic E-state index is 0.0887. The molecule has 0 unspecified atom stereocenters. The molecule has 0 aromatic heterocycles. The lowest BCUT2D eigenvalue weighted by atomic mass is 10.2. The fourth-order valence-corrected chi connectivity index (χ4v) is 5.20. The van der Waals surface area contributed by atoms with Crippen LogP contribution in [0.4, 0.5) is 11.4 Å². The molecule has 0 N–H and O–H groups in total. The first-order chi connectivity index (χ1) is 17.7. The van der Waals surface area contributed by atoms with Crippen molar-refractivity contribution >= 4 is 38.9 Å². The smallest absolute Gasteiger partial charge is 0.260 e. The van der Waals surface area contributed by atoms with Crippen LogP contribution in [-0.4, -0.2) is 65.4 Å². The number of carbonyl (C=O) groups is 1. The zero-order valence-corrected chi connectivity index (χ0v) is 22.4. The Morgan fingerprint density at radius 2 is 1.59 bits per heavy atom. The fourth-order valence-electron chi connectivity index (χ4n) is 4.19. The number of benzene rings is 3. The lowest BCUT2D eigenvalue weighted by Gasteiger charge is -2.36. The van der Waals surface area contributed by atoms with Crippen LogP contribution in [0.15, 0.2) is 72.8 Å². The molecule has 0 atom stereocenters. The van der Waals surface area contributed by atoms with Gasteiger partial charge in [-0.1, -0.05) is 35.9 Å². The molecule has 0 radical (unpaired) electrons. The first kappa shape index (κ1) is 26.6. The van der Waals surface area contributed by atoms with Crippen molar-refractivity contribution in [1.29, 1.82) is 0 Å². The molecular weight excluding hydrogens is 514 g/mol. The summed E-state index contributed by atoms with van der Waals surface area (Å²) in [5.41, 5.74) is 2.34. The van der Waals surface area contributed by atoms with E-state index in [-0.39, 0.29) is 19.1 Å². The van der Waals surface area contributed by atoms with Crippen LogP contribution in [0.2, 0.25) is 5.02 Å². The normalized spacial score (nSPS) is 13.8. The third kappa shape index (κ3) is 6.87. The molecule has 0 saturated carbocycles. The van der Waals surface area contributed by atoms with E-state index in [4.69, 9.17) is 21.1 Å². The summed E-state index contributed by atoms with van der Waals surface area (Å²) in [7, 11) is -1.87. The highest BCUT2D eigenvalue weighted by atomic mass is 35.5. The topological polar surface area (TPSA) is 79.4 Å². The lowest BCUT2D eigenvalue weighted by molar-refractivity contribution is -0.133. The van der Waals surface area contributed by atoms with Gasteiger partial charge in [-0.25, -0.2) is 8.42 Å². The predicted octanol–water partition coefficient (Wildman–Crippen LogP) is 4.04. The van der Waals surface area contributed by atoms with Crippen LogP contribution in [0.5, 0.6) is 11.5 Å². The van der Waals surface area contributed by atoms with Crippen molar-refractivity contribution in [1.82, 2.24) is 4.90 Å². The van der Waals surface area contributed by atoms with Crippen LogP contribution in [0, 0.1) is 0 Å². The molecule has 10 heteroatoms. The molecule has 1 fully saturated rings. The van der Waals surface area contributed by atoms with Gasteiger partial charge >= 0.3 is 0 Å². The summed E-state index contributed by atoms with van der Waals surface area (Å²) in [6.07, 6.45) is 1.17. The third-order valence-corrected chi connectivity index (χ3v) is 7.58. The second-order valence-electron chi connectivity index (χ2n) is 8.72. The van der Waals surface area contributed by atoms with Crippen LogP contribution in [0.3, 0.4) is 0 Å².